The highest BCUT2D eigenvalue weighted by Gasteiger charge is 2.35. The molecule has 17 heavy (non-hydrogen) atoms. The molecule has 0 spiro atoms. The largest absolute Gasteiger partial charge is 0.364 e. The van der Waals surface area contributed by atoms with E-state index in [9.17, 15) is 0 Å². The molecule has 0 radical (unpaired) electrons. The second kappa shape index (κ2) is 4.72. The minimum atomic E-state index is 0.755. The molecule has 1 unspecified atom stereocenters. The lowest BCUT2D eigenvalue weighted by Gasteiger charge is -2.07. The second-order valence-corrected chi connectivity index (χ2v) is 6.00. The fourth-order valence-corrected chi connectivity index (χ4v) is 3.36. The lowest BCUT2D eigenvalue weighted by atomic mass is 10.3. The number of hydrogen-bond donors (Lipinski definition) is 1. The van der Waals surface area contributed by atoms with Crippen molar-refractivity contribution in [3.8, 4) is 0 Å². The molecule has 1 aliphatic carbocycles. The molecule has 0 aromatic carbocycles. The number of hydrogen-bond acceptors (Lipinski definition) is 4. The molecular weight excluding hydrogens is 232 g/mol. The summed E-state index contributed by atoms with van der Waals surface area (Å²) in [6.07, 6.45) is 7.61. The van der Waals surface area contributed by atoms with E-state index in [-0.39, 0.29) is 0 Å². The average molecular weight is 250 g/mol. The first-order valence-corrected chi connectivity index (χ1v) is 7.12. The van der Waals surface area contributed by atoms with Crippen LogP contribution in [0.3, 0.4) is 0 Å². The van der Waals surface area contributed by atoms with Crippen LogP contribution in [0, 0.1) is 5.92 Å². The lowest BCUT2D eigenvalue weighted by Crippen LogP contribution is -2.23. The van der Waals surface area contributed by atoms with Crippen LogP contribution in [0.4, 0.5) is 0 Å². The fourth-order valence-electron chi connectivity index (χ4n) is 2.12. The monoisotopic (exact) mass is 250 g/mol. The third kappa shape index (κ3) is 2.65. The number of aliphatic imine (C=N–C) groups is 1. The fraction of sp³-hybridized carbons (Fsp3) is 0.667. The minimum absolute atomic E-state index is 0.755. The Morgan fingerprint density at radius 2 is 2.41 bits per heavy atom. The van der Waals surface area contributed by atoms with Gasteiger partial charge in [0, 0.05) is 37.7 Å². The van der Waals surface area contributed by atoms with E-state index in [1.54, 1.807) is 0 Å². The van der Waals surface area contributed by atoms with Gasteiger partial charge in [-0.2, -0.15) is 0 Å². The summed E-state index contributed by atoms with van der Waals surface area (Å²) in [7, 11) is 2.04. The van der Waals surface area contributed by atoms with E-state index < -0.39 is 0 Å². The first kappa shape index (κ1) is 11.1. The Bertz CT molecular complexity index is 422. The Labute approximate surface area is 106 Å². The molecular formula is C12H18N4S. The van der Waals surface area contributed by atoms with Crippen LogP contribution in [-0.2, 0) is 13.5 Å². The van der Waals surface area contributed by atoms with Crippen molar-refractivity contribution in [2.24, 2.45) is 18.0 Å². The highest BCUT2D eigenvalue weighted by molar-refractivity contribution is 8.14. The maximum Gasteiger partial charge on any atom is 0.156 e. The number of aromatic nitrogens is 2. The van der Waals surface area contributed by atoms with Gasteiger partial charge in [0.15, 0.2) is 5.17 Å². The Morgan fingerprint density at radius 3 is 3.12 bits per heavy atom. The van der Waals surface area contributed by atoms with Gasteiger partial charge in [0.1, 0.15) is 5.82 Å². The van der Waals surface area contributed by atoms with Crippen molar-refractivity contribution in [2.45, 2.75) is 24.5 Å². The number of imidazole rings is 1. The molecule has 0 saturated heterocycles. The summed E-state index contributed by atoms with van der Waals surface area (Å²) in [5.41, 5.74) is 0. The Kier molecular flexibility index (Phi) is 3.09. The smallest absolute Gasteiger partial charge is 0.156 e. The molecule has 1 fully saturated rings. The SMILES string of the molecule is Cn1ccnc1CCNC1=NCC(C2CC2)S1. The van der Waals surface area contributed by atoms with Crippen LogP contribution in [0.15, 0.2) is 17.4 Å². The normalized spacial score (nSPS) is 23.8. The average Bonchev–Trinajstić information content (AvgIpc) is 2.94. The van der Waals surface area contributed by atoms with Gasteiger partial charge < -0.3 is 9.88 Å². The van der Waals surface area contributed by atoms with Crippen molar-refractivity contribution in [1.82, 2.24) is 14.9 Å². The Morgan fingerprint density at radius 1 is 1.53 bits per heavy atom. The topological polar surface area (TPSA) is 42.2 Å². The Balaban J connectivity index is 1.41. The maximum absolute atomic E-state index is 4.56. The van der Waals surface area contributed by atoms with E-state index in [4.69, 9.17) is 0 Å². The van der Waals surface area contributed by atoms with Crippen LogP contribution in [0.5, 0.6) is 0 Å². The van der Waals surface area contributed by atoms with Crippen molar-refractivity contribution in [1.29, 1.82) is 0 Å². The zero-order valence-electron chi connectivity index (χ0n) is 10.1. The van der Waals surface area contributed by atoms with Crippen LogP contribution in [0.1, 0.15) is 18.7 Å². The van der Waals surface area contributed by atoms with Gasteiger partial charge in [-0.3, -0.25) is 4.99 Å². The van der Waals surface area contributed by atoms with Crippen molar-refractivity contribution in [3.05, 3.63) is 18.2 Å². The number of aryl methyl sites for hydroxylation is 1. The van der Waals surface area contributed by atoms with Gasteiger partial charge in [-0.25, -0.2) is 4.98 Å². The lowest BCUT2D eigenvalue weighted by molar-refractivity contribution is 0.749. The predicted octanol–water partition coefficient (Wildman–Crippen LogP) is 1.43. The van der Waals surface area contributed by atoms with Crippen LogP contribution in [0.25, 0.3) is 0 Å². The van der Waals surface area contributed by atoms with Crippen molar-refractivity contribution >= 4 is 16.9 Å². The maximum atomic E-state index is 4.56. The molecule has 3 rings (SSSR count). The molecule has 0 amide bonds. The number of nitrogens with one attached hydrogen (secondary N) is 1. The summed E-state index contributed by atoms with van der Waals surface area (Å²) < 4.78 is 2.07. The number of nitrogens with zero attached hydrogens (tertiary/aromatic N) is 3. The van der Waals surface area contributed by atoms with Gasteiger partial charge in [0.05, 0.1) is 6.54 Å². The molecule has 5 heteroatoms. The van der Waals surface area contributed by atoms with Gasteiger partial charge in [0.2, 0.25) is 0 Å². The van der Waals surface area contributed by atoms with Gasteiger partial charge in [0.25, 0.3) is 0 Å². The number of thioether (sulfide) groups is 1. The van der Waals surface area contributed by atoms with Gasteiger partial charge in [-0.05, 0) is 18.8 Å². The summed E-state index contributed by atoms with van der Waals surface area (Å²) in [4.78, 5) is 8.87. The van der Waals surface area contributed by atoms with Gasteiger partial charge in [-0.15, -0.1) is 0 Å². The van der Waals surface area contributed by atoms with E-state index in [2.05, 4.69) is 19.9 Å². The third-order valence-electron chi connectivity index (χ3n) is 3.37. The zero-order chi connectivity index (χ0) is 11.7. The Hall–Kier alpha value is -0.970. The van der Waals surface area contributed by atoms with Crippen LogP contribution in [-0.4, -0.2) is 33.1 Å². The molecule has 92 valence electrons. The van der Waals surface area contributed by atoms with E-state index in [1.165, 1.54) is 12.8 Å². The highest BCUT2D eigenvalue weighted by atomic mass is 32.2. The van der Waals surface area contributed by atoms with Crippen LogP contribution in [0.2, 0.25) is 0 Å². The molecule has 1 atom stereocenters. The summed E-state index contributed by atoms with van der Waals surface area (Å²) >= 11 is 1.93. The summed E-state index contributed by atoms with van der Waals surface area (Å²) in [6.45, 7) is 1.94. The standard InChI is InChI=1S/C12H18N4S/c1-16-7-6-13-11(16)4-5-14-12-15-8-10(17-12)9-2-3-9/h6-7,9-10H,2-5,8H2,1H3,(H,14,15). The second-order valence-electron chi connectivity index (χ2n) is 4.77. The van der Waals surface area contributed by atoms with E-state index in [0.29, 0.717) is 0 Å². The van der Waals surface area contributed by atoms with E-state index in [0.717, 1.165) is 41.7 Å². The molecule has 1 saturated carbocycles. The predicted molar refractivity (Wildman–Crippen MR) is 71.3 cm³/mol. The molecule has 2 heterocycles. The highest BCUT2D eigenvalue weighted by Crippen LogP contribution is 2.41. The first-order valence-electron chi connectivity index (χ1n) is 6.24. The van der Waals surface area contributed by atoms with Crippen molar-refractivity contribution in [3.63, 3.8) is 0 Å². The van der Waals surface area contributed by atoms with Crippen LogP contribution >= 0.6 is 11.8 Å². The molecule has 1 aromatic rings. The molecule has 1 N–H and O–H groups in total. The summed E-state index contributed by atoms with van der Waals surface area (Å²) in [5.74, 6) is 2.07. The van der Waals surface area contributed by atoms with Crippen LogP contribution < -0.4 is 5.32 Å². The van der Waals surface area contributed by atoms with Crippen molar-refractivity contribution in [2.75, 3.05) is 13.1 Å². The number of amidine groups is 1. The number of rotatable bonds is 4. The molecule has 1 aliphatic heterocycles. The molecule has 4 nitrogen and oxygen atoms in total. The van der Waals surface area contributed by atoms with Crippen molar-refractivity contribution < 1.29 is 0 Å². The first-order chi connectivity index (χ1) is 8.33. The summed E-state index contributed by atoms with van der Waals surface area (Å²) in [6, 6.07) is 0. The molecule has 1 aromatic heterocycles. The third-order valence-corrected chi connectivity index (χ3v) is 4.70. The zero-order valence-corrected chi connectivity index (χ0v) is 10.9. The van der Waals surface area contributed by atoms with E-state index in [1.807, 2.05) is 31.2 Å². The quantitative estimate of drug-likeness (QED) is 0.879. The summed E-state index contributed by atoms with van der Waals surface area (Å²) in [5, 5.41) is 5.31. The molecule has 0 bridgehead atoms. The van der Waals surface area contributed by atoms with Gasteiger partial charge in [-0.1, -0.05) is 11.8 Å². The molecule has 2 aliphatic rings. The van der Waals surface area contributed by atoms with Gasteiger partial charge >= 0.3 is 0 Å². The van der Waals surface area contributed by atoms with E-state index >= 15 is 0 Å². The minimum Gasteiger partial charge on any atom is -0.364 e.